The van der Waals surface area contributed by atoms with Gasteiger partial charge in [-0.25, -0.2) is 0 Å². The Morgan fingerprint density at radius 3 is 2.38 bits per heavy atom. The number of amides is 2. The van der Waals surface area contributed by atoms with E-state index in [0.717, 1.165) is 22.3 Å². The first-order chi connectivity index (χ1) is 13.9. The largest absolute Gasteiger partial charge is 0.324 e. The number of rotatable bonds is 2. The number of fused-ring (bicyclic) bond motifs is 1. The fourth-order valence-electron chi connectivity index (χ4n) is 3.93. The molecule has 0 spiro atoms. The normalized spacial score (nSPS) is 16.0. The van der Waals surface area contributed by atoms with E-state index in [9.17, 15) is 9.59 Å². The molecule has 0 unspecified atom stereocenters. The molecule has 3 aromatic carbocycles. The third-order valence-electron chi connectivity index (χ3n) is 5.05. The van der Waals surface area contributed by atoms with Gasteiger partial charge in [-0.05, 0) is 49.7 Å². The number of benzene rings is 3. The van der Waals surface area contributed by atoms with Gasteiger partial charge in [0.05, 0.1) is 6.04 Å². The molecule has 3 aromatic rings. The smallest absolute Gasteiger partial charge is 0.255 e. The standard InChI is InChI=1S/C24H21ClN2O2/c1-15-10-16(2)12-18(11-15)24(29)27-14-22(28)26-21-9-8-19(25)13-20(21)23(27)17-6-4-3-5-7-17/h3-13,23H,14H2,1-2H3,(H,26,28)/t23-/m0/s1. The number of carbonyl (C=O) groups excluding carboxylic acids is 2. The quantitative estimate of drug-likeness (QED) is 0.642. The summed E-state index contributed by atoms with van der Waals surface area (Å²) >= 11 is 6.29. The lowest BCUT2D eigenvalue weighted by atomic mass is 9.95. The Kier molecular flexibility index (Phi) is 5.12. The summed E-state index contributed by atoms with van der Waals surface area (Å²) < 4.78 is 0. The van der Waals surface area contributed by atoms with Gasteiger partial charge in [0, 0.05) is 21.8 Å². The average molecular weight is 405 g/mol. The van der Waals surface area contributed by atoms with Crippen LogP contribution in [0, 0.1) is 13.8 Å². The highest BCUT2D eigenvalue weighted by molar-refractivity contribution is 6.30. The van der Waals surface area contributed by atoms with Gasteiger partial charge >= 0.3 is 0 Å². The molecule has 0 radical (unpaired) electrons. The van der Waals surface area contributed by atoms with E-state index in [0.29, 0.717) is 16.3 Å². The predicted octanol–water partition coefficient (Wildman–Crippen LogP) is 5.14. The highest BCUT2D eigenvalue weighted by Crippen LogP contribution is 2.38. The summed E-state index contributed by atoms with van der Waals surface area (Å²) in [5.74, 6) is -0.418. The topological polar surface area (TPSA) is 49.4 Å². The van der Waals surface area contributed by atoms with E-state index >= 15 is 0 Å². The summed E-state index contributed by atoms with van der Waals surface area (Å²) in [5, 5.41) is 3.47. The summed E-state index contributed by atoms with van der Waals surface area (Å²) in [6.45, 7) is 3.88. The fourth-order valence-corrected chi connectivity index (χ4v) is 4.11. The van der Waals surface area contributed by atoms with Crippen molar-refractivity contribution in [2.45, 2.75) is 19.9 Å². The van der Waals surface area contributed by atoms with Gasteiger partial charge in [-0.3, -0.25) is 9.59 Å². The minimum Gasteiger partial charge on any atom is -0.324 e. The number of halogens is 1. The summed E-state index contributed by atoms with van der Waals surface area (Å²) in [7, 11) is 0. The molecule has 4 rings (SSSR count). The molecule has 0 aliphatic carbocycles. The Balaban J connectivity index is 1.90. The van der Waals surface area contributed by atoms with E-state index in [1.54, 1.807) is 17.0 Å². The van der Waals surface area contributed by atoms with Crippen LogP contribution in [0.5, 0.6) is 0 Å². The summed E-state index contributed by atoms with van der Waals surface area (Å²) in [6, 6.07) is 20.4. The zero-order valence-electron chi connectivity index (χ0n) is 16.3. The molecule has 0 bridgehead atoms. The molecule has 0 saturated heterocycles. The second kappa shape index (κ2) is 7.72. The molecule has 2 amide bonds. The number of nitrogens with zero attached hydrogens (tertiary/aromatic N) is 1. The van der Waals surface area contributed by atoms with Crippen molar-refractivity contribution >= 4 is 29.1 Å². The van der Waals surface area contributed by atoms with Crippen molar-refractivity contribution in [2.24, 2.45) is 0 Å². The molecule has 1 aliphatic heterocycles. The molecule has 0 fully saturated rings. The Morgan fingerprint density at radius 1 is 1.00 bits per heavy atom. The van der Waals surface area contributed by atoms with E-state index in [-0.39, 0.29) is 18.4 Å². The predicted molar refractivity (Wildman–Crippen MR) is 115 cm³/mol. The molecule has 1 N–H and O–H groups in total. The van der Waals surface area contributed by atoms with E-state index in [1.807, 2.05) is 68.4 Å². The monoisotopic (exact) mass is 404 g/mol. The molecule has 1 heterocycles. The molecule has 29 heavy (non-hydrogen) atoms. The van der Waals surface area contributed by atoms with E-state index in [4.69, 9.17) is 11.6 Å². The first kappa shape index (κ1) is 19.2. The number of anilines is 1. The molecule has 146 valence electrons. The van der Waals surface area contributed by atoms with Crippen molar-refractivity contribution in [2.75, 3.05) is 11.9 Å². The number of nitrogens with one attached hydrogen (secondary N) is 1. The second-order valence-corrected chi connectivity index (χ2v) is 7.84. The molecule has 5 heteroatoms. The maximum atomic E-state index is 13.6. The fraction of sp³-hybridized carbons (Fsp3) is 0.167. The molecule has 4 nitrogen and oxygen atoms in total. The van der Waals surface area contributed by atoms with Gasteiger partial charge in [0.1, 0.15) is 6.54 Å². The summed E-state index contributed by atoms with van der Waals surface area (Å²) in [4.78, 5) is 27.9. The van der Waals surface area contributed by atoms with E-state index in [2.05, 4.69) is 5.32 Å². The molecular weight excluding hydrogens is 384 g/mol. The third kappa shape index (κ3) is 3.89. The van der Waals surface area contributed by atoms with Crippen LogP contribution in [0.4, 0.5) is 5.69 Å². The van der Waals surface area contributed by atoms with Gasteiger partial charge in [0.2, 0.25) is 5.91 Å². The van der Waals surface area contributed by atoms with Crippen molar-refractivity contribution in [1.29, 1.82) is 0 Å². The summed E-state index contributed by atoms with van der Waals surface area (Å²) in [5.41, 5.74) is 4.97. The van der Waals surface area contributed by atoms with Crippen LogP contribution >= 0.6 is 11.6 Å². The minimum absolute atomic E-state index is 0.0440. The SMILES string of the molecule is Cc1cc(C)cc(C(=O)N2CC(=O)Nc3ccc(Cl)cc3[C@@H]2c2ccccc2)c1. The highest BCUT2D eigenvalue weighted by Gasteiger charge is 2.34. The van der Waals surface area contributed by atoms with Crippen molar-refractivity contribution in [3.05, 3.63) is 99.6 Å². The maximum absolute atomic E-state index is 13.6. The number of hydrogen-bond acceptors (Lipinski definition) is 2. The Labute approximate surface area is 175 Å². The van der Waals surface area contributed by atoms with Crippen molar-refractivity contribution in [1.82, 2.24) is 4.90 Å². The molecule has 1 atom stereocenters. The first-order valence-electron chi connectivity index (χ1n) is 9.46. The van der Waals surface area contributed by atoms with Gasteiger partial charge in [-0.15, -0.1) is 0 Å². The van der Waals surface area contributed by atoms with Crippen LogP contribution in [0.1, 0.15) is 38.7 Å². The number of carbonyl (C=O) groups is 2. The van der Waals surface area contributed by atoms with Crippen molar-refractivity contribution < 1.29 is 9.59 Å². The van der Waals surface area contributed by atoms with Crippen LogP contribution < -0.4 is 5.32 Å². The molecule has 1 aliphatic rings. The molecule has 0 saturated carbocycles. The Hall–Kier alpha value is -3.11. The van der Waals surface area contributed by atoms with Gasteiger partial charge in [-0.1, -0.05) is 59.1 Å². The minimum atomic E-state index is -0.433. The van der Waals surface area contributed by atoms with Crippen LogP contribution in [0.25, 0.3) is 0 Å². The zero-order valence-corrected chi connectivity index (χ0v) is 17.0. The highest BCUT2D eigenvalue weighted by atomic mass is 35.5. The number of hydrogen-bond donors (Lipinski definition) is 1. The zero-order chi connectivity index (χ0) is 20.5. The Morgan fingerprint density at radius 2 is 1.69 bits per heavy atom. The lowest BCUT2D eigenvalue weighted by Gasteiger charge is -2.31. The van der Waals surface area contributed by atoms with Crippen LogP contribution in [0.3, 0.4) is 0 Å². The van der Waals surface area contributed by atoms with E-state index in [1.165, 1.54) is 0 Å². The van der Waals surface area contributed by atoms with Gasteiger partial charge in [0.15, 0.2) is 0 Å². The first-order valence-corrected chi connectivity index (χ1v) is 9.83. The second-order valence-electron chi connectivity index (χ2n) is 7.40. The maximum Gasteiger partial charge on any atom is 0.255 e. The van der Waals surface area contributed by atoms with E-state index < -0.39 is 6.04 Å². The molecular formula is C24H21ClN2O2. The molecule has 0 aromatic heterocycles. The Bertz CT molecular complexity index is 1080. The van der Waals surface area contributed by atoms with Crippen LogP contribution in [0.2, 0.25) is 5.02 Å². The lowest BCUT2D eigenvalue weighted by molar-refractivity contribution is -0.117. The van der Waals surface area contributed by atoms with Gasteiger partial charge in [-0.2, -0.15) is 0 Å². The number of aryl methyl sites for hydroxylation is 2. The van der Waals surface area contributed by atoms with Gasteiger partial charge < -0.3 is 10.2 Å². The lowest BCUT2D eigenvalue weighted by Crippen LogP contribution is -2.39. The van der Waals surface area contributed by atoms with Gasteiger partial charge in [0.25, 0.3) is 5.91 Å². The average Bonchev–Trinajstić information content (AvgIpc) is 2.83. The van der Waals surface area contributed by atoms with Crippen LogP contribution in [0.15, 0.2) is 66.7 Å². The van der Waals surface area contributed by atoms with Crippen molar-refractivity contribution in [3.8, 4) is 0 Å². The third-order valence-corrected chi connectivity index (χ3v) is 5.29. The van der Waals surface area contributed by atoms with Crippen LogP contribution in [-0.4, -0.2) is 23.3 Å². The van der Waals surface area contributed by atoms with Crippen LogP contribution in [-0.2, 0) is 4.79 Å². The van der Waals surface area contributed by atoms with Crippen molar-refractivity contribution in [3.63, 3.8) is 0 Å². The summed E-state index contributed by atoms with van der Waals surface area (Å²) in [6.07, 6.45) is 0.